The number of morpholine rings is 1. The molecule has 132 valence electrons. The lowest BCUT2D eigenvalue weighted by molar-refractivity contribution is -0.218. The normalized spacial score (nSPS) is 38.3. The van der Waals surface area contributed by atoms with Crippen molar-refractivity contribution in [3.8, 4) is 0 Å². The van der Waals surface area contributed by atoms with Crippen LogP contribution in [0, 0.1) is 11.8 Å². The van der Waals surface area contributed by atoms with Crippen LogP contribution in [0.15, 0.2) is 0 Å². The molecule has 1 spiro atoms. The molecule has 1 aliphatic heterocycles. The van der Waals surface area contributed by atoms with Crippen LogP contribution in [0.2, 0.25) is 0 Å². The molecule has 0 radical (unpaired) electrons. The summed E-state index contributed by atoms with van der Waals surface area (Å²) in [5.41, 5.74) is 0.0310. The Morgan fingerprint density at radius 2 is 1.96 bits per heavy atom. The minimum Gasteiger partial charge on any atom is -0.366 e. The van der Waals surface area contributed by atoms with E-state index in [9.17, 15) is 0 Å². The van der Waals surface area contributed by atoms with Crippen molar-refractivity contribution >= 4 is 0 Å². The predicted octanol–water partition coefficient (Wildman–Crippen LogP) is 2.86. The molecule has 1 aromatic heterocycles. The maximum atomic E-state index is 6.72. The highest BCUT2D eigenvalue weighted by molar-refractivity contribution is 5.10. The Labute approximate surface area is 144 Å². The van der Waals surface area contributed by atoms with E-state index < -0.39 is 0 Å². The maximum absolute atomic E-state index is 6.72. The van der Waals surface area contributed by atoms with Gasteiger partial charge in [0.1, 0.15) is 11.6 Å². The lowest BCUT2D eigenvalue weighted by Gasteiger charge is -2.52. The number of hydrogen-bond acceptors (Lipinski definition) is 4. The fraction of sp³-hybridized carbons (Fsp3) is 0.895. The van der Waals surface area contributed by atoms with Gasteiger partial charge in [-0.3, -0.25) is 4.90 Å². The van der Waals surface area contributed by atoms with E-state index in [1.807, 2.05) is 0 Å². The van der Waals surface area contributed by atoms with Gasteiger partial charge < -0.3 is 9.30 Å². The molecule has 1 aromatic rings. The third-order valence-electron chi connectivity index (χ3n) is 6.80. The molecular formula is C19H30N4O. The summed E-state index contributed by atoms with van der Waals surface area (Å²) in [7, 11) is 2.14. The Morgan fingerprint density at radius 1 is 1.12 bits per heavy atom. The highest BCUT2D eigenvalue weighted by Crippen LogP contribution is 2.55. The first-order chi connectivity index (χ1) is 11.4. The van der Waals surface area contributed by atoms with Gasteiger partial charge in [0.15, 0.2) is 0 Å². The van der Waals surface area contributed by atoms with Gasteiger partial charge >= 0.3 is 0 Å². The molecule has 3 saturated carbocycles. The van der Waals surface area contributed by atoms with E-state index in [0.717, 1.165) is 37.3 Å². The number of ether oxygens (including phenoxy) is 1. The minimum atomic E-state index is -0.0688. The first-order valence-electron chi connectivity index (χ1n) is 9.75. The zero-order valence-corrected chi connectivity index (χ0v) is 15.3. The molecule has 0 amide bonds. The lowest BCUT2D eigenvalue weighted by Crippen LogP contribution is -2.61. The Balaban J connectivity index is 1.37. The summed E-state index contributed by atoms with van der Waals surface area (Å²) in [6.45, 7) is 7.49. The molecule has 4 aliphatic rings. The highest BCUT2D eigenvalue weighted by atomic mass is 16.5. The second-order valence-corrected chi connectivity index (χ2v) is 9.46. The van der Waals surface area contributed by atoms with Crippen molar-refractivity contribution in [2.75, 3.05) is 13.1 Å². The van der Waals surface area contributed by atoms with Crippen molar-refractivity contribution < 1.29 is 4.74 Å². The van der Waals surface area contributed by atoms with E-state index in [1.165, 1.54) is 44.3 Å². The zero-order valence-electron chi connectivity index (χ0n) is 15.3. The minimum absolute atomic E-state index is 0.0688. The molecule has 3 aliphatic carbocycles. The smallest absolute Gasteiger partial charge is 0.146 e. The molecule has 0 unspecified atom stereocenters. The Bertz CT molecular complexity index is 650. The van der Waals surface area contributed by atoms with Crippen molar-refractivity contribution in [3.05, 3.63) is 11.6 Å². The maximum Gasteiger partial charge on any atom is 0.146 e. The summed E-state index contributed by atoms with van der Waals surface area (Å²) < 4.78 is 8.97. The van der Waals surface area contributed by atoms with Gasteiger partial charge in [0, 0.05) is 26.1 Å². The number of aromatic nitrogens is 3. The number of rotatable bonds is 3. The zero-order chi connectivity index (χ0) is 16.5. The first kappa shape index (κ1) is 15.3. The van der Waals surface area contributed by atoms with E-state index in [-0.39, 0.29) is 11.2 Å². The Hall–Kier alpha value is -0.940. The molecule has 0 N–H and O–H groups in total. The molecule has 24 heavy (non-hydrogen) atoms. The van der Waals surface area contributed by atoms with Crippen LogP contribution in [-0.4, -0.2) is 44.0 Å². The number of nitrogens with zero attached hydrogens (tertiary/aromatic N) is 4. The fourth-order valence-corrected chi connectivity index (χ4v) is 5.82. The van der Waals surface area contributed by atoms with Gasteiger partial charge in [-0.15, -0.1) is 10.2 Å². The fourth-order valence-electron chi connectivity index (χ4n) is 5.82. The van der Waals surface area contributed by atoms with E-state index >= 15 is 0 Å². The second kappa shape index (κ2) is 5.04. The summed E-state index contributed by atoms with van der Waals surface area (Å²) in [4.78, 5) is 2.59. The third-order valence-corrected chi connectivity index (χ3v) is 6.80. The van der Waals surface area contributed by atoms with Gasteiger partial charge in [-0.25, -0.2) is 0 Å². The molecular weight excluding hydrogens is 300 g/mol. The lowest BCUT2D eigenvalue weighted by atomic mass is 9.81. The average molecular weight is 330 g/mol. The Kier molecular flexibility index (Phi) is 3.22. The van der Waals surface area contributed by atoms with Crippen LogP contribution in [0.3, 0.4) is 0 Å². The van der Waals surface area contributed by atoms with Gasteiger partial charge in [-0.1, -0.05) is 0 Å². The van der Waals surface area contributed by atoms with Gasteiger partial charge in [-0.05, 0) is 64.2 Å². The topological polar surface area (TPSA) is 43.2 Å². The van der Waals surface area contributed by atoms with Crippen molar-refractivity contribution in [1.29, 1.82) is 0 Å². The van der Waals surface area contributed by atoms with E-state index in [2.05, 4.69) is 40.6 Å². The second-order valence-electron chi connectivity index (χ2n) is 9.46. The van der Waals surface area contributed by atoms with Crippen molar-refractivity contribution in [3.63, 3.8) is 0 Å². The van der Waals surface area contributed by atoms with Crippen LogP contribution in [0.25, 0.3) is 0 Å². The van der Waals surface area contributed by atoms with E-state index in [1.54, 1.807) is 0 Å². The summed E-state index contributed by atoms with van der Waals surface area (Å²) in [5.74, 6) is 4.64. The summed E-state index contributed by atoms with van der Waals surface area (Å²) in [6, 6.07) is 0. The molecule has 2 heterocycles. The Morgan fingerprint density at radius 3 is 2.62 bits per heavy atom. The molecule has 0 aromatic carbocycles. The summed E-state index contributed by atoms with van der Waals surface area (Å²) in [5, 5.41) is 8.97. The monoisotopic (exact) mass is 330 g/mol. The number of fused-ring (bicyclic) bond motifs is 3. The van der Waals surface area contributed by atoms with Gasteiger partial charge in [0.05, 0.1) is 17.7 Å². The SMILES string of the molecule is Cn1c(CN2CC(C)(C)O[C@@]3(C[C@@H]4CC[C@H]3C4)C2)nnc1C1CC1. The molecule has 4 fully saturated rings. The summed E-state index contributed by atoms with van der Waals surface area (Å²) >= 11 is 0. The first-order valence-corrected chi connectivity index (χ1v) is 9.75. The standard InChI is InChI=1S/C19H30N4O/c1-18(2)11-23(10-16-20-21-17(22(16)3)14-5-6-14)12-19(24-18)9-13-4-7-15(19)8-13/h13-15H,4-12H2,1-3H3/t13-,15+,19+/m1/s1. The molecule has 3 atom stereocenters. The van der Waals surface area contributed by atoms with Crippen molar-refractivity contribution in [2.24, 2.45) is 18.9 Å². The van der Waals surface area contributed by atoms with Crippen LogP contribution in [-0.2, 0) is 18.3 Å². The average Bonchev–Trinajstić information content (AvgIpc) is 3.00. The number of hydrogen-bond donors (Lipinski definition) is 0. The molecule has 1 saturated heterocycles. The predicted molar refractivity (Wildman–Crippen MR) is 91.6 cm³/mol. The summed E-state index contributed by atoms with van der Waals surface area (Å²) in [6.07, 6.45) is 8.00. The quantitative estimate of drug-likeness (QED) is 0.855. The van der Waals surface area contributed by atoms with E-state index in [0.29, 0.717) is 5.92 Å². The van der Waals surface area contributed by atoms with Crippen molar-refractivity contribution in [2.45, 2.75) is 76.0 Å². The van der Waals surface area contributed by atoms with Crippen LogP contribution < -0.4 is 0 Å². The van der Waals surface area contributed by atoms with Crippen LogP contribution >= 0.6 is 0 Å². The molecule has 5 rings (SSSR count). The van der Waals surface area contributed by atoms with Gasteiger partial charge in [0.2, 0.25) is 0 Å². The molecule has 5 heteroatoms. The van der Waals surface area contributed by atoms with Crippen LogP contribution in [0.4, 0.5) is 0 Å². The highest BCUT2D eigenvalue weighted by Gasteiger charge is 2.56. The molecule has 2 bridgehead atoms. The largest absolute Gasteiger partial charge is 0.366 e. The molecule has 5 nitrogen and oxygen atoms in total. The van der Waals surface area contributed by atoms with Crippen LogP contribution in [0.5, 0.6) is 0 Å². The van der Waals surface area contributed by atoms with Crippen LogP contribution in [0.1, 0.15) is 69.9 Å². The van der Waals surface area contributed by atoms with Crippen molar-refractivity contribution in [1.82, 2.24) is 19.7 Å². The van der Waals surface area contributed by atoms with Gasteiger partial charge in [0.25, 0.3) is 0 Å². The third kappa shape index (κ3) is 2.43. The van der Waals surface area contributed by atoms with Gasteiger partial charge in [-0.2, -0.15) is 0 Å². The van der Waals surface area contributed by atoms with E-state index in [4.69, 9.17) is 4.74 Å².